The fraction of sp³-hybridized carbons (Fsp3) is 0.286. The molecular formula is C14H10ClF3O3. The van der Waals surface area contributed by atoms with Gasteiger partial charge in [0.2, 0.25) is 6.29 Å². The smallest absolute Gasteiger partial charge is 0.416 e. The van der Waals surface area contributed by atoms with E-state index in [2.05, 4.69) is 0 Å². The number of benzene rings is 1. The molecule has 7 heteroatoms. The minimum atomic E-state index is -4.44. The number of rotatable bonds is 2. The van der Waals surface area contributed by atoms with Gasteiger partial charge in [-0.15, -0.1) is 0 Å². The summed E-state index contributed by atoms with van der Waals surface area (Å²) in [6.07, 6.45) is -5.06. The van der Waals surface area contributed by atoms with Gasteiger partial charge in [0.05, 0.1) is 23.8 Å². The Morgan fingerprint density at radius 1 is 1.05 bits per heavy atom. The largest absolute Gasteiger partial charge is 0.456 e. The van der Waals surface area contributed by atoms with Gasteiger partial charge in [-0.25, -0.2) is 0 Å². The molecule has 112 valence electrons. The van der Waals surface area contributed by atoms with E-state index >= 15 is 0 Å². The summed E-state index contributed by atoms with van der Waals surface area (Å²) in [5, 5.41) is 0.178. The van der Waals surface area contributed by atoms with E-state index < -0.39 is 18.0 Å². The third-order valence-electron chi connectivity index (χ3n) is 3.04. The number of alkyl halides is 3. The molecule has 3 nitrogen and oxygen atoms in total. The zero-order valence-electron chi connectivity index (χ0n) is 10.6. The molecule has 1 saturated heterocycles. The van der Waals surface area contributed by atoms with Crippen LogP contribution in [0.15, 0.2) is 34.7 Å². The average Bonchev–Trinajstić information content (AvgIpc) is 3.09. The third kappa shape index (κ3) is 2.92. The predicted molar refractivity (Wildman–Crippen MR) is 68.8 cm³/mol. The second-order valence-corrected chi connectivity index (χ2v) is 4.88. The van der Waals surface area contributed by atoms with Crippen molar-refractivity contribution in [3.8, 4) is 11.3 Å². The monoisotopic (exact) mass is 318 g/mol. The van der Waals surface area contributed by atoms with Gasteiger partial charge in [0.25, 0.3) is 0 Å². The highest BCUT2D eigenvalue weighted by Gasteiger charge is 2.31. The zero-order valence-corrected chi connectivity index (χ0v) is 11.4. The quantitative estimate of drug-likeness (QED) is 0.806. The lowest BCUT2D eigenvalue weighted by atomic mass is 10.1. The maximum absolute atomic E-state index is 12.8. The minimum Gasteiger partial charge on any atom is -0.456 e. The maximum atomic E-state index is 12.8. The number of ether oxygens (including phenoxy) is 2. The number of hydrogen-bond donors (Lipinski definition) is 0. The molecule has 0 amide bonds. The van der Waals surface area contributed by atoms with Crippen LogP contribution in [0.2, 0.25) is 5.02 Å². The van der Waals surface area contributed by atoms with Crippen LogP contribution < -0.4 is 0 Å². The second-order valence-electron chi connectivity index (χ2n) is 4.47. The number of hydrogen-bond acceptors (Lipinski definition) is 3. The number of halogens is 4. The van der Waals surface area contributed by atoms with Crippen molar-refractivity contribution in [3.63, 3.8) is 0 Å². The lowest BCUT2D eigenvalue weighted by Gasteiger charge is -2.09. The third-order valence-corrected chi connectivity index (χ3v) is 3.37. The summed E-state index contributed by atoms with van der Waals surface area (Å²) in [7, 11) is 0. The van der Waals surface area contributed by atoms with E-state index in [0.717, 1.165) is 12.1 Å². The first-order valence-electron chi connectivity index (χ1n) is 6.15. The van der Waals surface area contributed by atoms with Gasteiger partial charge in [0, 0.05) is 5.56 Å². The highest BCUT2D eigenvalue weighted by Crippen LogP contribution is 2.37. The summed E-state index contributed by atoms with van der Waals surface area (Å²) in [6.45, 7) is 0.899. The standard InChI is InChI=1S/C14H10ClF3O3/c15-10-2-1-8(14(16,17)18)7-9(10)11-3-4-12(21-11)13-19-5-6-20-13/h1-4,7,13H,5-6H2. The van der Waals surface area contributed by atoms with Gasteiger partial charge >= 0.3 is 6.18 Å². The Morgan fingerprint density at radius 2 is 1.76 bits per heavy atom. The second kappa shape index (κ2) is 5.36. The SMILES string of the molecule is FC(F)(F)c1ccc(Cl)c(-c2ccc(C3OCCO3)o2)c1. The Bertz CT molecular complexity index is 645. The minimum absolute atomic E-state index is 0.177. The molecule has 0 radical (unpaired) electrons. The van der Waals surface area contributed by atoms with E-state index in [1.807, 2.05) is 0 Å². The van der Waals surface area contributed by atoms with Gasteiger partial charge in [0.15, 0.2) is 5.76 Å². The van der Waals surface area contributed by atoms with Gasteiger partial charge < -0.3 is 13.9 Å². The topological polar surface area (TPSA) is 31.6 Å². The van der Waals surface area contributed by atoms with Crippen molar-refractivity contribution in [2.75, 3.05) is 13.2 Å². The van der Waals surface area contributed by atoms with E-state index in [1.165, 1.54) is 6.07 Å². The van der Waals surface area contributed by atoms with E-state index in [1.54, 1.807) is 12.1 Å². The summed E-state index contributed by atoms with van der Waals surface area (Å²) >= 11 is 5.96. The summed E-state index contributed by atoms with van der Waals surface area (Å²) in [6, 6.07) is 6.23. The Kier molecular flexibility index (Phi) is 3.69. The highest BCUT2D eigenvalue weighted by molar-refractivity contribution is 6.33. The molecule has 0 saturated carbocycles. The van der Waals surface area contributed by atoms with Crippen LogP contribution >= 0.6 is 11.6 Å². The first kappa shape index (κ1) is 14.4. The molecule has 0 bridgehead atoms. The van der Waals surface area contributed by atoms with Crippen molar-refractivity contribution >= 4 is 11.6 Å². The highest BCUT2D eigenvalue weighted by atomic mass is 35.5. The van der Waals surface area contributed by atoms with Crippen molar-refractivity contribution in [2.45, 2.75) is 12.5 Å². The van der Waals surface area contributed by atoms with E-state index in [0.29, 0.717) is 19.0 Å². The normalized spacial score (nSPS) is 16.6. The average molecular weight is 319 g/mol. The first-order valence-corrected chi connectivity index (χ1v) is 6.53. The zero-order chi connectivity index (χ0) is 15.0. The fourth-order valence-corrected chi connectivity index (χ4v) is 2.25. The van der Waals surface area contributed by atoms with Gasteiger partial charge in [-0.1, -0.05) is 11.6 Å². The summed E-state index contributed by atoms with van der Waals surface area (Å²) in [4.78, 5) is 0. The molecule has 0 aliphatic carbocycles. The van der Waals surface area contributed by atoms with Crippen molar-refractivity contribution in [1.29, 1.82) is 0 Å². The lowest BCUT2D eigenvalue weighted by molar-refractivity contribution is -0.137. The Morgan fingerprint density at radius 3 is 2.43 bits per heavy atom. The first-order chi connectivity index (χ1) is 9.95. The molecule has 1 aromatic heterocycles. The maximum Gasteiger partial charge on any atom is 0.416 e. The molecular weight excluding hydrogens is 309 g/mol. The van der Waals surface area contributed by atoms with Crippen LogP contribution in [0.3, 0.4) is 0 Å². The van der Waals surface area contributed by atoms with Crippen molar-refractivity contribution < 1.29 is 27.1 Å². The molecule has 1 fully saturated rings. The molecule has 3 rings (SSSR count). The van der Waals surface area contributed by atoms with E-state index in [-0.39, 0.29) is 16.3 Å². The number of furan rings is 1. The van der Waals surface area contributed by atoms with Gasteiger partial charge in [-0.3, -0.25) is 0 Å². The molecule has 1 aliphatic rings. The van der Waals surface area contributed by atoms with E-state index in [4.69, 9.17) is 25.5 Å². The molecule has 2 heterocycles. The molecule has 0 spiro atoms. The van der Waals surface area contributed by atoms with Crippen LogP contribution in [0, 0.1) is 0 Å². The fourth-order valence-electron chi connectivity index (χ4n) is 2.04. The predicted octanol–water partition coefficient (Wildman–Crippen LogP) is 4.66. The van der Waals surface area contributed by atoms with Crippen molar-refractivity contribution in [3.05, 3.63) is 46.7 Å². The molecule has 0 atom stereocenters. The van der Waals surface area contributed by atoms with Crippen LogP contribution in [0.1, 0.15) is 17.6 Å². The van der Waals surface area contributed by atoms with Crippen molar-refractivity contribution in [2.24, 2.45) is 0 Å². The van der Waals surface area contributed by atoms with Crippen LogP contribution in [0.5, 0.6) is 0 Å². The van der Waals surface area contributed by atoms with E-state index in [9.17, 15) is 13.2 Å². The van der Waals surface area contributed by atoms with Gasteiger partial charge in [0.1, 0.15) is 5.76 Å². The molecule has 1 aliphatic heterocycles. The molecule has 1 aromatic carbocycles. The van der Waals surface area contributed by atoms with Crippen LogP contribution in [0.25, 0.3) is 11.3 Å². The van der Waals surface area contributed by atoms with Crippen LogP contribution in [0.4, 0.5) is 13.2 Å². The molecule has 0 N–H and O–H groups in total. The summed E-state index contributed by atoms with van der Waals surface area (Å²) in [5.74, 6) is 0.635. The molecule has 0 unspecified atom stereocenters. The lowest BCUT2D eigenvalue weighted by Crippen LogP contribution is -2.04. The Labute approximate surface area is 123 Å². The Balaban J connectivity index is 1.96. The van der Waals surface area contributed by atoms with Crippen molar-refractivity contribution in [1.82, 2.24) is 0 Å². The van der Waals surface area contributed by atoms with Gasteiger partial charge in [-0.05, 0) is 30.3 Å². The Hall–Kier alpha value is -1.50. The molecule has 2 aromatic rings. The van der Waals surface area contributed by atoms with Crippen LogP contribution in [-0.2, 0) is 15.7 Å². The van der Waals surface area contributed by atoms with Gasteiger partial charge in [-0.2, -0.15) is 13.2 Å². The molecule has 21 heavy (non-hydrogen) atoms. The summed E-state index contributed by atoms with van der Waals surface area (Å²) in [5.41, 5.74) is -0.607. The summed E-state index contributed by atoms with van der Waals surface area (Å²) < 4.78 is 54.3. The van der Waals surface area contributed by atoms with Crippen LogP contribution in [-0.4, -0.2) is 13.2 Å².